The molecule has 0 saturated carbocycles. The summed E-state index contributed by atoms with van der Waals surface area (Å²) in [5.41, 5.74) is 7.72. The molecule has 2 aliphatic rings. The third-order valence-corrected chi connectivity index (χ3v) is 6.98. The second-order valence-corrected chi connectivity index (χ2v) is 9.03. The van der Waals surface area contributed by atoms with Crippen LogP contribution < -0.4 is 10.6 Å². The Bertz CT molecular complexity index is 1140. The van der Waals surface area contributed by atoms with Crippen molar-refractivity contribution in [2.75, 3.05) is 69.4 Å². The highest BCUT2D eigenvalue weighted by atomic mass is 32.2. The number of morpholine rings is 1. The van der Waals surface area contributed by atoms with Gasteiger partial charge in [-0.2, -0.15) is 0 Å². The van der Waals surface area contributed by atoms with E-state index in [-0.39, 0.29) is 11.9 Å². The third kappa shape index (κ3) is 4.76. The Kier molecular flexibility index (Phi) is 6.74. The smallest absolute Gasteiger partial charge is 0.224 e. The van der Waals surface area contributed by atoms with Crippen LogP contribution in [0, 0.1) is 0 Å². The molecule has 0 atom stereocenters. The number of ether oxygens (including phenoxy) is 1. The SMILES string of the molecule is CSN1CCN(C(=O)CCn2cnc3c(N4CCOCC4)nc(-c4cnc(N)nc4)nc32)CC1. The van der Waals surface area contributed by atoms with E-state index < -0.39 is 0 Å². The van der Waals surface area contributed by atoms with Gasteiger partial charge in [0.05, 0.1) is 25.1 Å². The maximum absolute atomic E-state index is 12.8. The van der Waals surface area contributed by atoms with Crippen molar-refractivity contribution in [2.24, 2.45) is 0 Å². The van der Waals surface area contributed by atoms with Crippen molar-refractivity contribution in [3.8, 4) is 11.4 Å². The van der Waals surface area contributed by atoms with Gasteiger partial charge in [0.2, 0.25) is 11.9 Å². The number of carbonyl (C=O) groups is 1. The first-order chi connectivity index (χ1) is 16.6. The van der Waals surface area contributed by atoms with Crippen LogP contribution in [-0.2, 0) is 16.1 Å². The van der Waals surface area contributed by atoms with Crippen molar-refractivity contribution >= 4 is 40.8 Å². The lowest BCUT2D eigenvalue weighted by molar-refractivity contribution is -0.132. The van der Waals surface area contributed by atoms with Gasteiger partial charge < -0.3 is 24.8 Å². The van der Waals surface area contributed by atoms with Crippen LogP contribution in [0.3, 0.4) is 0 Å². The van der Waals surface area contributed by atoms with Crippen molar-refractivity contribution in [3.05, 3.63) is 18.7 Å². The molecule has 12 nitrogen and oxygen atoms in total. The molecule has 5 heterocycles. The Morgan fingerprint density at radius 1 is 1.06 bits per heavy atom. The topological polar surface area (TPSA) is 131 Å². The minimum absolute atomic E-state index is 0.150. The Morgan fingerprint density at radius 2 is 1.79 bits per heavy atom. The first-order valence-electron chi connectivity index (χ1n) is 11.3. The molecule has 34 heavy (non-hydrogen) atoms. The fourth-order valence-corrected chi connectivity index (χ4v) is 4.69. The first-order valence-corrected chi connectivity index (χ1v) is 12.5. The van der Waals surface area contributed by atoms with Crippen molar-refractivity contribution in [2.45, 2.75) is 13.0 Å². The zero-order valence-corrected chi connectivity index (χ0v) is 19.9. The second-order valence-electron chi connectivity index (χ2n) is 8.15. The molecule has 5 rings (SSSR count). The summed E-state index contributed by atoms with van der Waals surface area (Å²) in [6.45, 7) is 6.50. The molecule has 0 unspecified atom stereocenters. The molecular weight excluding hydrogens is 456 g/mol. The summed E-state index contributed by atoms with van der Waals surface area (Å²) in [4.78, 5) is 39.3. The molecule has 0 bridgehead atoms. The normalized spacial score (nSPS) is 17.4. The van der Waals surface area contributed by atoms with E-state index in [2.05, 4.69) is 30.4 Å². The summed E-state index contributed by atoms with van der Waals surface area (Å²) in [6, 6.07) is 0. The molecule has 0 spiro atoms. The highest BCUT2D eigenvalue weighted by molar-refractivity contribution is 7.96. The third-order valence-electron chi connectivity index (χ3n) is 6.10. The van der Waals surface area contributed by atoms with Gasteiger partial charge in [0.1, 0.15) is 0 Å². The molecule has 3 aromatic heterocycles. The molecule has 0 radical (unpaired) electrons. The van der Waals surface area contributed by atoms with E-state index in [1.54, 1.807) is 30.7 Å². The van der Waals surface area contributed by atoms with Crippen LogP contribution in [0.15, 0.2) is 18.7 Å². The van der Waals surface area contributed by atoms with E-state index in [0.29, 0.717) is 48.7 Å². The molecule has 180 valence electrons. The van der Waals surface area contributed by atoms with Gasteiger partial charge in [0, 0.05) is 64.6 Å². The van der Waals surface area contributed by atoms with Crippen LogP contribution in [0.2, 0.25) is 0 Å². The number of nitrogens with zero attached hydrogens (tertiary/aromatic N) is 9. The lowest BCUT2D eigenvalue weighted by Crippen LogP contribution is -2.46. The zero-order chi connectivity index (χ0) is 23.5. The van der Waals surface area contributed by atoms with Crippen molar-refractivity contribution in [1.82, 2.24) is 38.7 Å². The van der Waals surface area contributed by atoms with Gasteiger partial charge >= 0.3 is 0 Å². The van der Waals surface area contributed by atoms with E-state index in [1.165, 1.54) is 0 Å². The zero-order valence-electron chi connectivity index (χ0n) is 19.1. The number of anilines is 2. The number of aromatic nitrogens is 6. The van der Waals surface area contributed by atoms with Gasteiger partial charge in [-0.1, -0.05) is 11.9 Å². The Balaban J connectivity index is 1.41. The molecule has 13 heteroatoms. The lowest BCUT2D eigenvalue weighted by atomic mass is 10.3. The van der Waals surface area contributed by atoms with E-state index in [1.807, 2.05) is 9.47 Å². The number of hydrogen-bond donors (Lipinski definition) is 1. The van der Waals surface area contributed by atoms with Crippen molar-refractivity contribution < 1.29 is 9.53 Å². The first kappa shape index (κ1) is 22.7. The van der Waals surface area contributed by atoms with Gasteiger partial charge in [-0.3, -0.25) is 4.79 Å². The summed E-state index contributed by atoms with van der Waals surface area (Å²) in [7, 11) is 0. The van der Waals surface area contributed by atoms with Crippen LogP contribution in [0.4, 0.5) is 11.8 Å². The quantitative estimate of drug-likeness (QED) is 0.491. The van der Waals surface area contributed by atoms with Crippen molar-refractivity contribution in [3.63, 3.8) is 0 Å². The molecule has 0 aliphatic carbocycles. The Hall–Kier alpha value is -3.03. The second kappa shape index (κ2) is 10.1. The number of carbonyl (C=O) groups excluding carboxylic acids is 1. The largest absolute Gasteiger partial charge is 0.378 e. The fourth-order valence-electron chi connectivity index (χ4n) is 4.17. The van der Waals surface area contributed by atoms with Crippen LogP contribution in [0.25, 0.3) is 22.6 Å². The number of nitrogens with two attached hydrogens (primary N) is 1. The average Bonchev–Trinajstić information content (AvgIpc) is 3.30. The maximum atomic E-state index is 12.8. The predicted octanol–water partition coefficient (Wildman–Crippen LogP) is 0.514. The molecule has 1 amide bonds. The van der Waals surface area contributed by atoms with Gasteiger partial charge in [0.25, 0.3) is 0 Å². The monoisotopic (exact) mass is 484 g/mol. The summed E-state index contributed by atoms with van der Waals surface area (Å²) >= 11 is 1.73. The summed E-state index contributed by atoms with van der Waals surface area (Å²) in [5, 5.41) is 0. The number of piperazine rings is 1. The van der Waals surface area contributed by atoms with E-state index in [9.17, 15) is 4.79 Å². The van der Waals surface area contributed by atoms with Crippen LogP contribution in [-0.4, -0.2) is 103 Å². The predicted molar refractivity (Wildman–Crippen MR) is 130 cm³/mol. The number of rotatable bonds is 6. The summed E-state index contributed by atoms with van der Waals surface area (Å²) < 4.78 is 9.72. The molecule has 0 aromatic carbocycles. The minimum atomic E-state index is 0.150. The van der Waals surface area contributed by atoms with E-state index >= 15 is 0 Å². The van der Waals surface area contributed by atoms with Gasteiger partial charge in [-0.15, -0.1) is 0 Å². The number of hydrogen-bond acceptors (Lipinski definition) is 11. The number of fused-ring (bicyclic) bond motifs is 1. The number of aryl methyl sites for hydroxylation is 1. The molecule has 2 N–H and O–H groups in total. The highest BCUT2D eigenvalue weighted by Crippen LogP contribution is 2.27. The average molecular weight is 485 g/mol. The van der Waals surface area contributed by atoms with E-state index in [0.717, 1.165) is 45.1 Å². The standard InChI is InChI=1S/C21H28N10O2S/c1-34-31-6-4-28(5-7-31)16(32)2-3-30-14-25-17-19(29-8-10-33-11-9-29)26-18(27-20(17)30)15-12-23-21(22)24-13-15/h12-14H,2-11H2,1H3,(H2,22,23,24). The van der Waals surface area contributed by atoms with Gasteiger partial charge in [0.15, 0.2) is 22.8 Å². The number of nitrogen functional groups attached to an aromatic ring is 1. The molecular formula is C21H28N10O2S. The van der Waals surface area contributed by atoms with Gasteiger partial charge in [-0.05, 0) is 6.26 Å². The fraction of sp³-hybridized carbons (Fsp3) is 0.524. The Labute approximate surface area is 201 Å². The molecule has 2 aliphatic heterocycles. The summed E-state index contributed by atoms with van der Waals surface area (Å²) in [5.74, 6) is 1.59. The Morgan fingerprint density at radius 3 is 2.50 bits per heavy atom. The summed E-state index contributed by atoms with van der Waals surface area (Å²) in [6.07, 6.45) is 7.43. The molecule has 3 aromatic rings. The van der Waals surface area contributed by atoms with Crippen LogP contribution in [0.5, 0.6) is 0 Å². The van der Waals surface area contributed by atoms with E-state index in [4.69, 9.17) is 20.4 Å². The number of imidazole rings is 1. The van der Waals surface area contributed by atoms with Crippen LogP contribution in [0.1, 0.15) is 6.42 Å². The minimum Gasteiger partial charge on any atom is -0.378 e. The lowest BCUT2D eigenvalue weighted by Gasteiger charge is -2.33. The number of amides is 1. The highest BCUT2D eigenvalue weighted by Gasteiger charge is 2.23. The van der Waals surface area contributed by atoms with Gasteiger partial charge in [-0.25, -0.2) is 29.2 Å². The molecule has 2 fully saturated rings. The molecule has 2 saturated heterocycles. The van der Waals surface area contributed by atoms with Crippen LogP contribution >= 0.6 is 11.9 Å². The van der Waals surface area contributed by atoms with Crippen molar-refractivity contribution in [1.29, 1.82) is 0 Å². The maximum Gasteiger partial charge on any atom is 0.224 e.